The van der Waals surface area contributed by atoms with Crippen molar-refractivity contribution in [1.29, 1.82) is 0 Å². The molecule has 0 spiro atoms. The first-order valence-electron chi connectivity index (χ1n) is 10.1. The van der Waals surface area contributed by atoms with Gasteiger partial charge in [0.2, 0.25) is 11.9 Å². The molecule has 0 radical (unpaired) electrons. The molecule has 0 bridgehead atoms. The molecule has 0 aliphatic carbocycles. The number of aromatic nitrogens is 2. The summed E-state index contributed by atoms with van der Waals surface area (Å²) in [6, 6.07) is 9.27. The van der Waals surface area contributed by atoms with Crippen LogP contribution in [0.4, 0.5) is 27.4 Å². The number of rotatable bonds is 6. The number of aromatic hydroxyl groups is 1. The molecular weight excluding hydrogens is 449 g/mol. The molecule has 3 N–H and O–H groups in total. The van der Waals surface area contributed by atoms with Crippen LogP contribution >= 0.6 is 11.6 Å². The van der Waals surface area contributed by atoms with E-state index in [0.717, 1.165) is 6.08 Å². The molecule has 0 unspecified atom stereocenters. The first kappa shape index (κ1) is 22.5. The second kappa shape index (κ2) is 9.85. The minimum Gasteiger partial charge on any atom is -0.506 e. The van der Waals surface area contributed by atoms with Gasteiger partial charge in [-0.3, -0.25) is 4.79 Å². The maximum absolute atomic E-state index is 14.1. The van der Waals surface area contributed by atoms with Crippen molar-refractivity contribution in [2.75, 3.05) is 41.8 Å². The summed E-state index contributed by atoms with van der Waals surface area (Å²) in [5.74, 6) is -0.711. The fourth-order valence-corrected chi connectivity index (χ4v) is 3.57. The molecule has 1 aliphatic rings. The van der Waals surface area contributed by atoms with Crippen molar-refractivity contribution in [3.05, 3.63) is 66.1 Å². The lowest BCUT2D eigenvalue weighted by molar-refractivity contribution is -0.111. The lowest BCUT2D eigenvalue weighted by Gasteiger charge is -2.29. The number of ether oxygens (including phenoxy) is 1. The van der Waals surface area contributed by atoms with Crippen LogP contribution in [0.3, 0.4) is 0 Å². The Kier molecular flexibility index (Phi) is 6.71. The van der Waals surface area contributed by atoms with Crippen LogP contribution in [0.15, 0.2) is 55.3 Å². The minimum atomic E-state index is -0.600. The van der Waals surface area contributed by atoms with Crippen LogP contribution in [0.25, 0.3) is 11.3 Å². The molecule has 10 heteroatoms. The molecule has 2 aromatic carbocycles. The zero-order chi connectivity index (χ0) is 23.4. The van der Waals surface area contributed by atoms with Crippen LogP contribution in [-0.2, 0) is 9.53 Å². The number of morpholine rings is 1. The Morgan fingerprint density at radius 3 is 2.79 bits per heavy atom. The first-order chi connectivity index (χ1) is 15.9. The smallest absolute Gasteiger partial charge is 0.247 e. The van der Waals surface area contributed by atoms with Gasteiger partial charge >= 0.3 is 0 Å². The van der Waals surface area contributed by atoms with Gasteiger partial charge < -0.3 is 25.4 Å². The fraction of sp³-hybridized carbons (Fsp3) is 0.174. The van der Waals surface area contributed by atoms with E-state index in [0.29, 0.717) is 48.9 Å². The summed E-state index contributed by atoms with van der Waals surface area (Å²) in [7, 11) is 0. The van der Waals surface area contributed by atoms with Crippen molar-refractivity contribution in [3.8, 4) is 17.0 Å². The monoisotopic (exact) mass is 469 g/mol. The number of carbonyl (C=O) groups is 1. The number of nitrogens with zero attached hydrogens (tertiary/aromatic N) is 3. The summed E-state index contributed by atoms with van der Waals surface area (Å²) < 4.78 is 19.5. The van der Waals surface area contributed by atoms with E-state index in [2.05, 4.69) is 27.2 Å². The third kappa shape index (κ3) is 5.21. The normalized spacial score (nSPS) is 13.5. The predicted octanol–water partition coefficient (Wildman–Crippen LogP) is 4.35. The lowest BCUT2D eigenvalue weighted by atomic mass is 10.1. The fourth-order valence-electron chi connectivity index (χ4n) is 3.37. The maximum atomic E-state index is 14.1. The maximum Gasteiger partial charge on any atom is 0.247 e. The van der Waals surface area contributed by atoms with Crippen LogP contribution in [0.5, 0.6) is 5.75 Å². The summed E-state index contributed by atoms with van der Waals surface area (Å²) in [5.41, 5.74) is 2.18. The molecule has 8 nitrogen and oxygen atoms in total. The Bertz CT molecular complexity index is 1200. The van der Waals surface area contributed by atoms with Crippen molar-refractivity contribution in [2.45, 2.75) is 0 Å². The minimum absolute atomic E-state index is 0.0183. The van der Waals surface area contributed by atoms with Crippen LogP contribution in [0.1, 0.15) is 0 Å². The number of halogens is 2. The molecule has 1 amide bonds. The number of nitrogens with one attached hydrogen (secondary N) is 2. The molecule has 4 rings (SSSR count). The highest BCUT2D eigenvalue weighted by molar-refractivity contribution is 6.33. The van der Waals surface area contributed by atoms with E-state index in [4.69, 9.17) is 16.3 Å². The molecule has 0 saturated carbocycles. The zero-order valence-corrected chi connectivity index (χ0v) is 18.3. The second-order valence-corrected chi connectivity index (χ2v) is 7.61. The number of anilines is 4. The van der Waals surface area contributed by atoms with Gasteiger partial charge in [0.05, 0.1) is 41.5 Å². The highest BCUT2D eigenvalue weighted by atomic mass is 35.5. The Balaban J connectivity index is 1.61. The van der Waals surface area contributed by atoms with Gasteiger partial charge in [-0.25, -0.2) is 14.4 Å². The molecule has 1 aromatic heterocycles. The number of amides is 1. The summed E-state index contributed by atoms with van der Waals surface area (Å²) in [4.78, 5) is 22.3. The average molecular weight is 470 g/mol. The van der Waals surface area contributed by atoms with E-state index in [-0.39, 0.29) is 22.4 Å². The summed E-state index contributed by atoms with van der Waals surface area (Å²) in [6.07, 6.45) is 2.48. The van der Waals surface area contributed by atoms with Gasteiger partial charge in [-0.05, 0) is 42.5 Å². The van der Waals surface area contributed by atoms with Gasteiger partial charge in [-0.2, -0.15) is 0 Å². The van der Waals surface area contributed by atoms with E-state index in [1.807, 2.05) is 4.90 Å². The highest BCUT2D eigenvalue weighted by Gasteiger charge is 2.16. The van der Waals surface area contributed by atoms with Crippen molar-refractivity contribution >= 4 is 40.5 Å². The van der Waals surface area contributed by atoms with Gasteiger partial charge in [0.15, 0.2) is 0 Å². The summed E-state index contributed by atoms with van der Waals surface area (Å²) in [6.45, 7) is 5.90. The molecule has 1 aliphatic heterocycles. The quantitative estimate of drug-likeness (QED) is 0.364. The first-order valence-corrected chi connectivity index (χ1v) is 10.5. The number of carbonyl (C=O) groups excluding carboxylic acids is 1. The largest absolute Gasteiger partial charge is 0.506 e. The van der Waals surface area contributed by atoms with E-state index < -0.39 is 11.7 Å². The number of hydrogen-bond acceptors (Lipinski definition) is 7. The van der Waals surface area contributed by atoms with Crippen molar-refractivity contribution in [3.63, 3.8) is 0 Å². The topological polar surface area (TPSA) is 99.6 Å². The van der Waals surface area contributed by atoms with E-state index in [1.54, 1.807) is 18.2 Å². The van der Waals surface area contributed by atoms with Crippen molar-refractivity contribution < 1.29 is 19.0 Å². The molecule has 2 heterocycles. The number of phenolic OH excluding ortho intramolecular Hbond substituents is 1. The van der Waals surface area contributed by atoms with E-state index in [1.165, 1.54) is 24.4 Å². The average Bonchev–Trinajstić information content (AvgIpc) is 2.83. The molecule has 33 heavy (non-hydrogen) atoms. The van der Waals surface area contributed by atoms with Gasteiger partial charge in [-0.15, -0.1) is 0 Å². The lowest BCUT2D eigenvalue weighted by Crippen LogP contribution is -2.36. The summed E-state index contributed by atoms with van der Waals surface area (Å²) >= 11 is 6.30. The molecule has 3 aromatic rings. The van der Waals surface area contributed by atoms with Gasteiger partial charge in [-0.1, -0.05) is 18.2 Å². The Labute approximate surface area is 194 Å². The van der Waals surface area contributed by atoms with Crippen molar-refractivity contribution in [1.82, 2.24) is 9.97 Å². The Morgan fingerprint density at radius 2 is 2.03 bits per heavy atom. The number of hydrogen-bond donors (Lipinski definition) is 3. The molecule has 0 atom stereocenters. The Morgan fingerprint density at radius 1 is 1.24 bits per heavy atom. The van der Waals surface area contributed by atoms with Crippen LogP contribution in [0.2, 0.25) is 5.02 Å². The second-order valence-electron chi connectivity index (χ2n) is 7.21. The van der Waals surface area contributed by atoms with Gasteiger partial charge in [0.25, 0.3) is 0 Å². The van der Waals surface area contributed by atoms with Crippen LogP contribution in [0, 0.1) is 5.82 Å². The van der Waals surface area contributed by atoms with Crippen LogP contribution < -0.4 is 15.5 Å². The third-order valence-corrected chi connectivity index (χ3v) is 5.29. The zero-order valence-electron chi connectivity index (χ0n) is 17.5. The number of benzene rings is 2. The Hall–Kier alpha value is -3.69. The molecular formula is C23H21ClFN5O3. The van der Waals surface area contributed by atoms with Gasteiger partial charge in [0.1, 0.15) is 11.6 Å². The van der Waals surface area contributed by atoms with E-state index in [9.17, 15) is 14.3 Å². The molecule has 1 saturated heterocycles. The summed E-state index contributed by atoms with van der Waals surface area (Å²) in [5, 5.41) is 16.1. The standard InChI is InChI=1S/C23H21ClFN5O3/c1-2-21(32)28-18-11-14(3-5-17(18)25)22-16(24)13-26-23(29-22)27-15-4-6-20(31)19(12-15)30-7-9-33-10-8-30/h2-6,11-13,31H,1,7-10H2,(H,28,32)(H,26,27,29). The van der Waals surface area contributed by atoms with Crippen LogP contribution in [-0.4, -0.2) is 47.3 Å². The van der Waals surface area contributed by atoms with E-state index >= 15 is 0 Å². The predicted molar refractivity (Wildman–Crippen MR) is 126 cm³/mol. The van der Waals surface area contributed by atoms with Gasteiger partial charge in [0, 0.05) is 24.3 Å². The molecule has 170 valence electrons. The SMILES string of the molecule is C=CC(=O)Nc1cc(-c2nc(Nc3ccc(O)c(N4CCOCC4)c3)ncc2Cl)ccc1F. The van der Waals surface area contributed by atoms with Crippen molar-refractivity contribution in [2.24, 2.45) is 0 Å². The molecule has 1 fully saturated rings. The number of phenols is 1. The third-order valence-electron chi connectivity index (χ3n) is 5.01. The highest BCUT2D eigenvalue weighted by Crippen LogP contribution is 2.33.